The largest absolute Gasteiger partial charge is 0.380 e. The number of rotatable bonds is 3. The maximum Gasteiger partial charge on any atom is 0.0438 e. The van der Waals surface area contributed by atoms with Crippen LogP contribution < -0.4 is 5.32 Å². The van der Waals surface area contributed by atoms with E-state index in [-0.39, 0.29) is 0 Å². The van der Waals surface area contributed by atoms with E-state index in [4.69, 9.17) is 0 Å². The van der Waals surface area contributed by atoms with Crippen LogP contribution >= 0.6 is 15.9 Å². The molecule has 0 atom stereocenters. The van der Waals surface area contributed by atoms with E-state index in [2.05, 4.69) is 68.7 Å². The number of fused-ring (bicyclic) bond motifs is 1. The molecule has 0 saturated carbocycles. The van der Waals surface area contributed by atoms with Gasteiger partial charge in [0.15, 0.2) is 0 Å². The summed E-state index contributed by atoms with van der Waals surface area (Å²) >= 11 is 3.45. The van der Waals surface area contributed by atoms with Crippen molar-refractivity contribution in [2.45, 2.75) is 6.54 Å². The average Bonchev–Trinajstić information content (AvgIpc) is 2.47. The Morgan fingerprint density at radius 1 is 1.00 bits per heavy atom. The van der Waals surface area contributed by atoms with Crippen molar-refractivity contribution in [1.82, 2.24) is 4.98 Å². The van der Waals surface area contributed by atoms with Crippen molar-refractivity contribution in [2.75, 3.05) is 5.32 Å². The van der Waals surface area contributed by atoms with E-state index in [1.165, 1.54) is 10.9 Å². The predicted octanol–water partition coefficient (Wildman–Crippen LogP) is 4.61. The van der Waals surface area contributed by atoms with Crippen LogP contribution in [0, 0.1) is 0 Å². The minimum Gasteiger partial charge on any atom is -0.380 e. The van der Waals surface area contributed by atoms with E-state index in [9.17, 15) is 0 Å². The van der Waals surface area contributed by atoms with Crippen molar-refractivity contribution in [3.05, 3.63) is 71.0 Å². The van der Waals surface area contributed by atoms with Crippen LogP contribution in [-0.2, 0) is 6.54 Å². The lowest BCUT2D eigenvalue weighted by Gasteiger charge is -2.09. The molecular weight excluding hydrogens is 300 g/mol. The van der Waals surface area contributed by atoms with Crippen molar-refractivity contribution < 1.29 is 0 Å². The van der Waals surface area contributed by atoms with Crippen LogP contribution in [0.2, 0.25) is 0 Å². The summed E-state index contributed by atoms with van der Waals surface area (Å²) in [6.07, 6.45) is 3.72. The maximum atomic E-state index is 4.19. The molecule has 0 aliphatic rings. The van der Waals surface area contributed by atoms with Crippen molar-refractivity contribution in [3.8, 4) is 0 Å². The van der Waals surface area contributed by atoms with Crippen molar-refractivity contribution >= 4 is 32.4 Å². The van der Waals surface area contributed by atoms with Gasteiger partial charge in [0.25, 0.3) is 0 Å². The number of nitrogens with zero attached hydrogens (tertiary/aromatic N) is 1. The summed E-state index contributed by atoms with van der Waals surface area (Å²) in [6, 6.07) is 16.6. The van der Waals surface area contributed by atoms with E-state index < -0.39 is 0 Å². The summed E-state index contributed by atoms with van der Waals surface area (Å²) in [4.78, 5) is 4.19. The number of nitrogens with one attached hydrogen (secondary N) is 1. The smallest absolute Gasteiger partial charge is 0.0438 e. The third-order valence-electron chi connectivity index (χ3n) is 3.08. The molecule has 0 fully saturated rings. The fourth-order valence-corrected chi connectivity index (χ4v) is 2.33. The van der Waals surface area contributed by atoms with Gasteiger partial charge in [-0.1, -0.05) is 40.2 Å². The van der Waals surface area contributed by atoms with Crippen molar-refractivity contribution in [1.29, 1.82) is 0 Å². The first kappa shape index (κ1) is 12.2. The molecule has 1 N–H and O–H groups in total. The highest BCUT2D eigenvalue weighted by molar-refractivity contribution is 9.10. The quantitative estimate of drug-likeness (QED) is 0.764. The van der Waals surface area contributed by atoms with Crippen LogP contribution in [-0.4, -0.2) is 4.98 Å². The minimum absolute atomic E-state index is 0.807. The van der Waals surface area contributed by atoms with Crippen LogP contribution in [0.4, 0.5) is 5.69 Å². The van der Waals surface area contributed by atoms with Gasteiger partial charge in [0.2, 0.25) is 0 Å². The van der Waals surface area contributed by atoms with E-state index in [0.29, 0.717) is 0 Å². The van der Waals surface area contributed by atoms with Gasteiger partial charge in [0.1, 0.15) is 0 Å². The first-order valence-electron chi connectivity index (χ1n) is 6.14. The molecule has 0 aliphatic heterocycles. The molecule has 0 aliphatic carbocycles. The standard InChI is InChI=1S/C16H13BrN2/c17-14-6-4-12(5-7-14)10-19-16-3-1-2-13-8-9-18-11-15(13)16/h1-9,11,19H,10H2. The van der Waals surface area contributed by atoms with E-state index in [0.717, 1.165) is 22.1 Å². The molecule has 1 heterocycles. The zero-order chi connectivity index (χ0) is 13.1. The third-order valence-corrected chi connectivity index (χ3v) is 3.61. The molecule has 0 spiro atoms. The summed E-state index contributed by atoms with van der Waals surface area (Å²) in [5.41, 5.74) is 2.37. The van der Waals surface area contributed by atoms with Gasteiger partial charge < -0.3 is 5.32 Å². The average molecular weight is 313 g/mol. The van der Waals surface area contributed by atoms with E-state index in [1.807, 2.05) is 18.5 Å². The van der Waals surface area contributed by atoms with Crippen molar-refractivity contribution in [3.63, 3.8) is 0 Å². The Morgan fingerprint density at radius 3 is 2.68 bits per heavy atom. The van der Waals surface area contributed by atoms with Crippen LogP contribution in [0.25, 0.3) is 10.8 Å². The molecule has 3 rings (SSSR count). The highest BCUT2D eigenvalue weighted by Gasteiger charge is 2.00. The summed E-state index contributed by atoms with van der Waals surface area (Å²) in [7, 11) is 0. The topological polar surface area (TPSA) is 24.9 Å². The number of benzene rings is 2. The molecule has 3 heteroatoms. The molecule has 0 saturated heterocycles. The van der Waals surface area contributed by atoms with Gasteiger partial charge >= 0.3 is 0 Å². The van der Waals surface area contributed by atoms with Gasteiger partial charge in [-0.05, 0) is 35.2 Å². The molecule has 2 aromatic carbocycles. The molecule has 0 bridgehead atoms. The normalized spacial score (nSPS) is 10.6. The van der Waals surface area contributed by atoms with Gasteiger partial charge in [0, 0.05) is 34.5 Å². The van der Waals surface area contributed by atoms with Gasteiger partial charge in [-0.15, -0.1) is 0 Å². The van der Waals surface area contributed by atoms with Crippen molar-refractivity contribution in [2.24, 2.45) is 0 Å². The zero-order valence-electron chi connectivity index (χ0n) is 10.3. The van der Waals surface area contributed by atoms with Crippen LogP contribution in [0.1, 0.15) is 5.56 Å². The molecule has 0 unspecified atom stereocenters. The van der Waals surface area contributed by atoms with E-state index in [1.54, 1.807) is 0 Å². The first-order valence-corrected chi connectivity index (χ1v) is 6.93. The Labute approximate surface area is 120 Å². The van der Waals surface area contributed by atoms with E-state index >= 15 is 0 Å². The Balaban J connectivity index is 1.84. The summed E-state index contributed by atoms with van der Waals surface area (Å²) in [5, 5.41) is 5.83. The second-order valence-corrected chi connectivity index (χ2v) is 5.30. The van der Waals surface area contributed by atoms with Gasteiger partial charge in [-0.25, -0.2) is 0 Å². The molecule has 2 nitrogen and oxygen atoms in total. The van der Waals surface area contributed by atoms with Gasteiger partial charge in [0.05, 0.1) is 0 Å². The summed E-state index contributed by atoms with van der Waals surface area (Å²) in [5.74, 6) is 0. The van der Waals surface area contributed by atoms with Crippen LogP contribution in [0.5, 0.6) is 0 Å². The number of aromatic nitrogens is 1. The van der Waals surface area contributed by atoms with Gasteiger partial charge in [-0.2, -0.15) is 0 Å². The number of hydrogen-bond donors (Lipinski definition) is 1. The Kier molecular flexibility index (Phi) is 3.47. The number of pyridine rings is 1. The lowest BCUT2D eigenvalue weighted by atomic mass is 10.1. The second kappa shape index (κ2) is 5.41. The number of hydrogen-bond acceptors (Lipinski definition) is 2. The molecule has 19 heavy (non-hydrogen) atoms. The maximum absolute atomic E-state index is 4.19. The fraction of sp³-hybridized carbons (Fsp3) is 0.0625. The Morgan fingerprint density at radius 2 is 1.84 bits per heavy atom. The van der Waals surface area contributed by atoms with Crippen LogP contribution in [0.15, 0.2) is 65.4 Å². The summed E-state index contributed by atoms with van der Waals surface area (Å²) < 4.78 is 1.10. The molecular formula is C16H13BrN2. The molecule has 0 radical (unpaired) electrons. The summed E-state index contributed by atoms with van der Waals surface area (Å²) in [6.45, 7) is 0.807. The highest BCUT2D eigenvalue weighted by Crippen LogP contribution is 2.22. The van der Waals surface area contributed by atoms with Gasteiger partial charge in [-0.3, -0.25) is 4.98 Å². The lowest BCUT2D eigenvalue weighted by Crippen LogP contribution is -1.99. The molecule has 1 aromatic heterocycles. The SMILES string of the molecule is Brc1ccc(CNc2cccc3ccncc23)cc1. The molecule has 3 aromatic rings. The zero-order valence-corrected chi connectivity index (χ0v) is 11.9. The predicted molar refractivity (Wildman–Crippen MR) is 83.2 cm³/mol. The Bertz CT molecular complexity index is 687. The molecule has 0 amide bonds. The fourth-order valence-electron chi connectivity index (χ4n) is 2.07. The Hall–Kier alpha value is -1.87. The third kappa shape index (κ3) is 2.76. The number of anilines is 1. The minimum atomic E-state index is 0.807. The second-order valence-electron chi connectivity index (χ2n) is 4.38. The number of halogens is 1. The lowest BCUT2D eigenvalue weighted by molar-refractivity contribution is 1.15. The molecule has 94 valence electrons. The monoisotopic (exact) mass is 312 g/mol. The highest BCUT2D eigenvalue weighted by atomic mass is 79.9. The van der Waals surface area contributed by atoms with Crippen LogP contribution in [0.3, 0.4) is 0 Å². The first-order chi connectivity index (χ1) is 9.33.